The lowest BCUT2D eigenvalue weighted by molar-refractivity contribution is -0.137. The maximum absolute atomic E-state index is 12.4. The number of carbonyl (C=O) groups excluding carboxylic acids is 1. The standard InChI is InChI=1S/C9H6Br2F3NO/c1-4(16)15-8-6(10)2-5(3-7(8)11)9(12,13)14/h2-3H,1H3,(H,15,16). The van der Waals surface area contributed by atoms with Gasteiger partial charge in [0.1, 0.15) is 0 Å². The van der Waals surface area contributed by atoms with Gasteiger partial charge in [-0.3, -0.25) is 4.79 Å². The fourth-order valence-electron chi connectivity index (χ4n) is 1.03. The van der Waals surface area contributed by atoms with E-state index in [0.717, 1.165) is 12.1 Å². The summed E-state index contributed by atoms with van der Waals surface area (Å²) in [5, 5.41) is 2.42. The zero-order chi connectivity index (χ0) is 12.5. The van der Waals surface area contributed by atoms with Gasteiger partial charge < -0.3 is 5.32 Å². The SMILES string of the molecule is CC(=O)Nc1c(Br)cc(C(F)(F)F)cc1Br. The molecular formula is C9H6Br2F3NO. The fraction of sp³-hybridized carbons (Fsp3) is 0.222. The molecule has 0 aliphatic rings. The number of alkyl halides is 3. The number of halogens is 5. The van der Waals surface area contributed by atoms with E-state index in [1.165, 1.54) is 6.92 Å². The maximum atomic E-state index is 12.4. The predicted molar refractivity (Wildman–Crippen MR) is 61.1 cm³/mol. The van der Waals surface area contributed by atoms with Crippen molar-refractivity contribution < 1.29 is 18.0 Å². The highest BCUT2D eigenvalue weighted by Gasteiger charge is 2.31. The molecule has 0 fully saturated rings. The minimum absolute atomic E-state index is 0.171. The van der Waals surface area contributed by atoms with Crippen molar-refractivity contribution in [2.45, 2.75) is 13.1 Å². The van der Waals surface area contributed by atoms with Gasteiger partial charge in [0.15, 0.2) is 0 Å². The number of hydrogen-bond acceptors (Lipinski definition) is 1. The Balaban J connectivity index is 3.23. The summed E-state index contributed by atoms with van der Waals surface area (Å²) < 4.78 is 37.6. The van der Waals surface area contributed by atoms with Gasteiger partial charge >= 0.3 is 6.18 Å². The third kappa shape index (κ3) is 3.21. The van der Waals surface area contributed by atoms with Gasteiger partial charge in [-0.15, -0.1) is 0 Å². The molecule has 0 aliphatic carbocycles. The Kier molecular flexibility index (Phi) is 4.01. The molecule has 0 unspecified atom stereocenters. The number of rotatable bonds is 1. The lowest BCUT2D eigenvalue weighted by atomic mass is 10.2. The van der Waals surface area contributed by atoms with Gasteiger partial charge in [0.05, 0.1) is 11.3 Å². The van der Waals surface area contributed by atoms with Crippen molar-refractivity contribution in [2.75, 3.05) is 5.32 Å². The average molecular weight is 361 g/mol. The van der Waals surface area contributed by atoms with Gasteiger partial charge in [-0.2, -0.15) is 13.2 Å². The molecule has 0 saturated carbocycles. The van der Waals surface area contributed by atoms with E-state index in [9.17, 15) is 18.0 Å². The van der Waals surface area contributed by atoms with Crippen molar-refractivity contribution in [2.24, 2.45) is 0 Å². The third-order valence-electron chi connectivity index (χ3n) is 1.67. The number of anilines is 1. The van der Waals surface area contributed by atoms with Gasteiger partial charge in [-0.05, 0) is 44.0 Å². The van der Waals surface area contributed by atoms with Crippen LogP contribution in [0, 0.1) is 0 Å². The number of carbonyl (C=O) groups is 1. The molecule has 0 aromatic heterocycles. The molecule has 0 spiro atoms. The highest BCUT2D eigenvalue weighted by Crippen LogP contribution is 2.38. The van der Waals surface area contributed by atoms with Crippen LogP contribution in [-0.4, -0.2) is 5.91 Å². The summed E-state index contributed by atoms with van der Waals surface area (Å²) in [6.07, 6.45) is -4.42. The van der Waals surface area contributed by atoms with E-state index in [1.54, 1.807) is 0 Å². The fourth-order valence-corrected chi connectivity index (χ4v) is 2.42. The maximum Gasteiger partial charge on any atom is 0.416 e. The first kappa shape index (κ1) is 13.5. The summed E-state index contributed by atoms with van der Waals surface area (Å²) in [6, 6.07) is 1.83. The summed E-state index contributed by atoms with van der Waals surface area (Å²) in [5.41, 5.74) is -0.513. The van der Waals surface area contributed by atoms with Gasteiger partial charge in [-0.1, -0.05) is 0 Å². The largest absolute Gasteiger partial charge is 0.416 e. The van der Waals surface area contributed by atoms with Crippen molar-refractivity contribution in [1.29, 1.82) is 0 Å². The van der Waals surface area contributed by atoms with E-state index in [4.69, 9.17) is 0 Å². The number of amides is 1. The van der Waals surface area contributed by atoms with Crippen LogP contribution in [0.15, 0.2) is 21.1 Å². The monoisotopic (exact) mass is 359 g/mol. The van der Waals surface area contributed by atoms with Gasteiger partial charge in [0.2, 0.25) is 5.91 Å². The second-order valence-corrected chi connectivity index (χ2v) is 4.70. The number of hydrogen-bond donors (Lipinski definition) is 1. The Morgan fingerprint density at radius 1 is 1.25 bits per heavy atom. The van der Waals surface area contributed by atoms with E-state index in [0.29, 0.717) is 0 Å². The van der Waals surface area contributed by atoms with Crippen LogP contribution in [0.5, 0.6) is 0 Å². The highest BCUT2D eigenvalue weighted by atomic mass is 79.9. The molecule has 7 heteroatoms. The van der Waals surface area contributed by atoms with Crippen LogP contribution in [0.25, 0.3) is 0 Å². The molecule has 1 N–H and O–H groups in total. The quantitative estimate of drug-likeness (QED) is 0.799. The zero-order valence-corrected chi connectivity index (χ0v) is 11.1. The molecule has 0 saturated heterocycles. The number of benzene rings is 1. The molecular weight excluding hydrogens is 355 g/mol. The molecule has 0 aliphatic heterocycles. The van der Waals surface area contributed by atoms with Crippen molar-refractivity contribution in [3.63, 3.8) is 0 Å². The topological polar surface area (TPSA) is 29.1 Å². The Morgan fingerprint density at radius 2 is 1.69 bits per heavy atom. The first-order chi connectivity index (χ1) is 7.21. The van der Waals surface area contributed by atoms with Gasteiger partial charge in [0, 0.05) is 15.9 Å². The molecule has 0 atom stereocenters. The average Bonchev–Trinajstić information content (AvgIpc) is 2.09. The summed E-state index contributed by atoms with van der Waals surface area (Å²) >= 11 is 5.95. The smallest absolute Gasteiger partial charge is 0.324 e. The zero-order valence-electron chi connectivity index (χ0n) is 7.95. The van der Waals surface area contributed by atoms with E-state index in [-0.39, 0.29) is 20.5 Å². The molecule has 0 heterocycles. The van der Waals surface area contributed by atoms with E-state index in [2.05, 4.69) is 37.2 Å². The second kappa shape index (κ2) is 4.75. The molecule has 0 bridgehead atoms. The third-order valence-corrected chi connectivity index (χ3v) is 2.92. The molecule has 1 aromatic carbocycles. The van der Waals surface area contributed by atoms with E-state index >= 15 is 0 Å². The Morgan fingerprint density at radius 3 is 2.00 bits per heavy atom. The van der Waals surface area contributed by atoms with Crippen molar-refractivity contribution in [3.8, 4) is 0 Å². The van der Waals surface area contributed by atoms with Crippen LogP contribution < -0.4 is 5.32 Å². The van der Waals surface area contributed by atoms with Gasteiger partial charge in [-0.25, -0.2) is 0 Å². The summed E-state index contributed by atoms with van der Waals surface area (Å²) in [5.74, 6) is -0.360. The van der Waals surface area contributed by atoms with Crippen LogP contribution in [0.2, 0.25) is 0 Å². The van der Waals surface area contributed by atoms with Crippen molar-refractivity contribution >= 4 is 43.5 Å². The minimum atomic E-state index is -4.42. The molecule has 2 nitrogen and oxygen atoms in total. The van der Waals surface area contributed by atoms with Crippen molar-refractivity contribution in [1.82, 2.24) is 0 Å². The molecule has 0 radical (unpaired) electrons. The molecule has 16 heavy (non-hydrogen) atoms. The van der Waals surface area contributed by atoms with Crippen LogP contribution in [-0.2, 0) is 11.0 Å². The lowest BCUT2D eigenvalue weighted by Crippen LogP contribution is -2.10. The van der Waals surface area contributed by atoms with Crippen LogP contribution in [0.1, 0.15) is 12.5 Å². The highest BCUT2D eigenvalue weighted by molar-refractivity contribution is 9.11. The summed E-state index contributed by atoms with van der Waals surface area (Å²) in [7, 11) is 0. The second-order valence-electron chi connectivity index (χ2n) is 2.99. The Labute approximate surface area is 106 Å². The van der Waals surface area contributed by atoms with E-state index in [1.807, 2.05) is 0 Å². The van der Waals surface area contributed by atoms with Crippen LogP contribution in [0.4, 0.5) is 18.9 Å². The Bertz CT molecular complexity index is 408. The van der Waals surface area contributed by atoms with Crippen molar-refractivity contribution in [3.05, 3.63) is 26.6 Å². The Hall–Kier alpha value is -0.560. The van der Waals surface area contributed by atoms with Gasteiger partial charge in [0.25, 0.3) is 0 Å². The van der Waals surface area contributed by atoms with Crippen LogP contribution >= 0.6 is 31.9 Å². The molecule has 1 rings (SSSR count). The predicted octanol–water partition coefficient (Wildman–Crippen LogP) is 4.19. The molecule has 1 aromatic rings. The van der Waals surface area contributed by atoms with Crippen LogP contribution in [0.3, 0.4) is 0 Å². The summed E-state index contributed by atoms with van der Waals surface area (Å²) in [4.78, 5) is 10.8. The first-order valence-electron chi connectivity index (χ1n) is 4.05. The first-order valence-corrected chi connectivity index (χ1v) is 5.64. The minimum Gasteiger partial charge on any atom is -0.324 e. The normalized spacial score (nSPS) is 11.4. The summed E-state index contributed by atoms with van der Waals surface area (Å²) in [6.45, 7) is 1.27. The lowest BCUT2D eigenvalue weighted by Gasteiger charge is -2.12. The number of nitrogens with one attached hydrogen (secondary N) is 1. The molecule has 1 amide bonds. The van der Waals surface area contributed by atoms with E-state index < -0.39 is 11.7 Å². The molecule has 88 valence electrons.